The molecule has 1 atom stereocenters. The maximum absolute atomic E-state index is 10.2. The average Bonchev–Trinajstić information content (AvgIpc) is 2.38. The molecule has 0 aromatic heterocycles. The number of aliphatic hydroxyl groups excluding tert-OH is 1. The van der Waals surface area contributed by atoms with Crippen molar-refractivity contribution in [3.8, 4) is 0 Å². The first-order valence-corrected chi connectivity index (χ1v) is 9.54. The number of rotatable bonds is 8. The molecule has 2 N–H and O–H groups in total. The lowest BCUT2D eigenvalue weighted by atomic mass is 10.3. The van der Waals surface area contributed by atoms with Crippen molar-refractivity contribution in [2.24, 2.45) is 0 Å². The molecule has 0 radical (unpaired) electrons. The molecule has 0 saturated carbocycles. The van der Waals surface area contributed by atoms with Gasteiger partial charge < -0.3 is 19.3 Å². The number of nitrogens with one attached hydrogen (secondary N) is 1. The fourth-order valence-electron chi connectivity index (χ4n) is 2.35. The van der Waals surface area contributed by atoms with Crippen LogP contribution in [0.4, 0.5) is 0 Å². The fraction of sp³-hybridized carbons (Fsp3) is 1.00. The molecule has 0 aromatic rings. The van der Waals surface area contributed by atoms with Crippen LogP contribution in [-0.2, 0) is 8.85 Å². The van der Waals surface area contributed by atoms with Crippen LogP contribution in [-0.4, -0.2) is 64.2 Å². The van der Waals surface area contributed by atoms with Gasteiger partial charge in [-0.2, -0.15) is 0 Å². The summed E-state index contributed by atoms with van der Waals surface area (Å²) in [5, 5.41) is 13.5. The zero-order valence-corrected chi connectivity index (χ0v) is 12.9. The molecule has 1 fully saturated rings. The maximum atomic E-state index is 10.2. The lowest BCUT2D eigenvalue weighted by molar-refractivity contribution is -0.00768. The molecule has 1 aliphatic rings. The Morgan fingerprint density at radius 2 is 1.78 bits per heavy atom. The van der Waals surface area contributed by atoms with Gasteiger partial charge in [-0.1, -0.05) is 0 Å². The Labute approximate surface area is 112 Å². The lowest BCUT2D eigenvalue weighted by Crippen LogP contribution is -2.49. The van der Waals surface area contributed by atoms with Crippen molar-refractivity contribution in [2.75, 3.05) is 39.4 Å². The van der Waals surface area contributed by atoms with Crippen molar-refractivity contribution >= 4 is 8.56 Å². The normalized spacial score (nSPS) is 20.0. The summed E-state index contributed by atoms with van der Waals surface area (Å²) in [6, 6.07) is 0.847. The molecule has 0 spiro atoms. The minimum Gasteiger partial charge on any atom is -0.395 e. The predicted molar refractivity (Wildman–Crippen MR) is 74.7 cm³/mol. The van der Waals surface area contributed by atoms with Gasteiger partial charge in [0, 0.05) is 39.4 Å². The minimum absolute atomic E-state index is 0.361. The highest BCUT2D eigenvalue weighted by molar-refractivity contribution is 6.66. The van der Waals surface area contributed by atoms with Crippen LogP contribution in [0, 0.1) is 0 Å². The van der Waals surface area contributed by atoms with Gasteiger partial charge in [-0.05, 0) is 32.9 Å². The van der Waals surface area contributed by atoms with E-state index in [-0.39, 0.29) is 6.23 Å². The van der Waals surface area contributed by atoms with E-state index in [1.165, 1.54) is 0 Å². The van der Waals surface area contributed by atoms with Crippen molar-refractivity contribution in [1.82, 2.24) is 10.2 Å². The summed E-state index contributed by atoms with van der Waals surface area (Å²) in [5.74, 6) is 0. The summed E-state index contributed by atoms with van der Waals surface area (Å²) >= 11 is 0. The molecule has 1 heterocycles. The molecule has 0 amide bonds. The predicted octanol–water partition coefficient (Wildman–Crippen LogP) is 0.745. The van der Waals surface area contributed by atoms with E-state index in [9.17, 15) is 5.11 Å². The molecule has 1 unspecified atom stereocenters. The van der Waals surface area contributed by atoms with E-state index < -0.39 is 8.56 Å². The van der Waals surface area contributed by atoms with Gasteiger partial charge in [0.25, 0.3) is 0 Å². The maximum Gasteiger partial charge on any atom is 0.335 e. The Bertz CT molecular complexity index is 219. The van der Waals surface area contributed by atoms with Crippen LogP contribution in [0.3, 0.4) is 0 Å². The molecule has 1 rings (SSSR count). The number of piperazine rings is 1. The van der Waals surface area contributed by atoms with Crippen LogP contribution in [0.15, 0.2) is 0 Å². The first-order valence-electron chi connectivity index (χ1n) is 7.02. The molecule has 0 aliphatic carbocycles. The molecule has 0 aromatic carbocycles. The van der Waals surface area contributed by atoms with Gasteiger partial charge in [-0.25, -0.2) is 0 Å². The SMILES string of the molecule is CCO[Si](C)(CCC(O)N1CCNCC1)OCC. The second-order valence-electron chi connectivity index (χ2n) is 4.81. The van der Waals surface area contributed by atoms with Gasteiger partial charge in [-0.15, -0.1) is 0 Å². The zero-order valence-electron chi connectivity index (χ0n) is 11.9. The standard InChI is InChI=1S/C12H28N2O3Si/c1-4-16-18(3,17-5-2)11-6-12(15)14-9-7-13-8-10-14/h12-13,15H,4-11H2,1-3H3. The quantitative estimate of drug-likeness (QED) is 0.641. The first kappa shape index (κ1) is 16.1. The van der Waals surface area contributed by atoms with E-state index in [1.54, 1.807) is 0 Å². The second-order valence-corrected chi connectivity index (χ2v) is 8.15. The summed E-state index contributed by atoms with van der Waals surface area (Å²) in [6.07, 6.45) is 0.378. The van der Waals surface area contributed by atoms with Gasteiger partial charge in [0.05, 0.1) is 0 Å². The Kier molecular flexibility index (Phi) is 7.36. The van der Waals surface area contributed by atoms with Gasteiger partial charge in [0.1, 0.15) is 6.23 Å². The van der Waals surface area contributed by atoms with E-state index in [1.807, 2.05) is 13.8 Å². The van der Waals surface area contributed by atoms with E-state index >= 15 is 0 Å². The zero-order chi connectivity index (χ0) is 13.4. The van der Waals surface area contributed by atoms with Crippen LogP contribution in [0.25, 0.3) is 0 Å². The monoisotopic (exact) mass is 276 g/mol. The fourth-order valence-corrected chi connectivity index (χ4v) is 4.73. The van der Waals surface area contributed by atoms with Crippen LogP contribution in [0.2, 0.25) is 12.6 Å². The summed E-state index contributed by atoms with van der Waals surface area (Å²) in [4.78, 5) is 2.13. The van der Waals surface area contributed by atoms with Crippen LogP contribution in [0.5, 0.6) is 0 Å². The van der Waals surface area contributed by atoms with Crippen molar-refractivity contribution in [3.05, 3.63) is 0 Å². The van der Waals surface area contributed by atoms with Gasteiger partial charge in [-0.3, -0.25) is 4.90 Å². The van der Waals surface area contributed by atoms with Crippen LogP contribution >= 0.6 is 0 Å². The van der Waals surface area contributed by atoms with Crippen LogP contribution < -0.4 is 5.32 Å². The Morgan fingerprint density at radius 1 is 1.22 bits per heavy atom. The average molecular weight is 276 g/mol. The van der Waals surface area contributed by atoms with Crippen molar-refractivity contribution in [2.45, 2.75) is 39.1 Å². The largest absolute Gasteiger partial charge is 0.395 e. The van der Waals surface area contributed by atoms with E-state index in [2.05, 4.69) is 16.8 Å². The summed E-state index contributed by atoms with van der Waals surface area (Å²) < 4.78 is 11.6. The molecule has 5 nitrogen and oxygen atoms in total. The minimum atomic E-state index is -2.08. The Balaban J connectivity index is 2.35. The Hall–Kier alpha value is 0.0169. The van der Waals surface area contributed by atoms with E-state index in [0.717, 1.165) is 38.6 Å². The second kappa shape index (κ2) is 8.24. The van der Waals surface area contributed by atoms with Crippen LogP contribution in [0.1, 0.15) is 20.3 Å². The number of hydrogen-bond acceptors (Lipinski definition) is 5. The van der Waals surface area contributed by atoms with Gasteiger partial charge >= 0.3 is 8.56 Å². The molecule has 6 heteroatoms. The molecular weight excluding hydrogens is 248 g/mol. The van der Waals surface area contributed by atoms with E-state index in [4.69, 9.17) is 8.85 Å². The molecule has 108 valence electrons. The third kappa shape index (κ3) is 5.34. The Morgan fingerprint density at radius 3 is 2.28 bits per heavy atom. The summed E-state index contributed by atoms with van der Waals surface area (Å²) in [7, 11) is -2.08. The van der Waals surface area contributed by atoms with Gasteiger partial charge in [0.15, 0.2) is 0 Å². The van der Waals surface area contributed by atoms with Gasteiger partial charge in [0.2, 0.25) is 0 Å². The molecule has 18 heavy (non-hydrogen) atoms. The first-order chi connectivity index (χ1) is 8.61. The van der Waals surface area contributed by atoms with Crippen molar-refractivity contribution in [1.29, 1.82) is 0 Å². The van der Waals surface area contributed by atoms with Crippen molar-refractivity contribution in [3.63, 3.8) is 0 Å². The third-order valence-electron chi connectivity index (χ3n) is 3.33. The molecule has 1 saturated heterocycles. The highest BCUT2D eigenvalue weighted by atomic mass is 28.4. The lowest BCUT2D eigenvalue weighted by Gasteiger charge is -2.33. The number of nitrogens with zero attached hydrogens (tertiary/aromatic N) is 1. The number of aliphatic hydroxyl groups is 1. The highest BCUT2D eigenvalue weighted by Crippen LogP contribution is 2.18. The third-order valence-corrected chi connectivity index (χ3v) is 6.32. The topological polar surface area (TPSA) is 54.0 Å². The molecule has 0 bridgehead atoms. The van der Waals surface area contributed by atoms with Crippen molar-refractivity contribution < 1.29 is 14.0 Å². The highest BCUT2D eigenvalue weighted by Gasteiger charge is 2.32. The number of hydrogen-bond donors (Lipinski definition) is 2. The van der Waals surface area contributed by atoms with E-state index in [0.29, 0.717) is 13.2 Å². The summed E-state index contributed by atoms with van der Waals surface area (Å²) in [5.41, 5.74) is 0. The molecular formula is C12H28N2O3Si. The smallest absolute Gasteiger partial charge is 0.335 e. The molecule has 1 aliphatic heterocycles. The summed E-state index contributed by atoms with van der Waals surface area (Å²) in [6.45, 7) is 11.2.